The van der Waals surface area contributed by atoms with Gasteiger partial charge in [0.15, 0.2) is 0 Å². The highest BCUT2D eigenvalue weighted by Gasteiger charge is 2.34. The molecule has 4 N–H and O–H groups in total. The molecule has 0 saturated heterocycles. The summed E-state index contributed by atoms with van der Waals surface area (Å²) in [5, 5.41) is 9.88. The number of alkyl carbamates (subject to hydrolysis) is 1. The zero-order valence-electron chi connectivity index (χ0n) is 20.9. The summed E-state index contributed by atoms with van der Waals surface area (Å²) >= 11 is 0. The molecule has 1 aliphatic heterocycles. The number of ether oxygens (including phenoxy) is 2. The number of carbonyl (C=O) groups excluding carboxylic acids is 3. The van der Waals surface area contributed by atoms with Gasteiger partial charge in [0.25, 0.3) is 5.91 Å². The summed E-state index contributed by atoms with van der Waals surface area (Å²) in [6.45, 7) is 5.88. The zero-order valence-corrected chi connectivity index (χ0v) is 20.9. The van der Waals surface area contributed by atoms with Crippen LogP contribution in [0.25, 0.3) is 10.9 Å². The van der Waals surface area contributed by atoms with E-state index >= 15 is 0 Å². The number of hydrogen-bond donors (Lipinski definition) is 4. The Morgan fingerprint density at radius 3 is 2.39 bits per heavy atom. The van der Waals surface area contributed by atoms with Crippen molar-refractivity contribution in [3.8, 4) is 0 Å². The molecule has 2 atom stereocenters. The first-order valence-electron chi connectivity index (χ1n) is 11.9. The van der Waals surface area contributed by atoms with E-state index in [9.17, 15) is 14.4 Å². The third kappa shape index (κ3) is 5.68. The summed E-state index contributed by atoms with van der Waals surface area (Å²) in [5.41, 5.74) is 3.93. The van der Waals surface area contributed by atoms with Crippen molar-refractivity contribution in [2.24, 2.45) is 0 Å². The van der Waals surface area contributed by atoms with Gasteiger partial charge in [-0.3, -0.25) is 14.9 Å². The van der Waals surface area contributed by atoms with Crippen molar-refractivity contribution in [2.45, 2.75) is 44.9 Å². The van der Waals surface area contributed by atoms with Crippen molar-refractivity contribution in [3.63, 3.8) is 0 Å². The van der Waals surface area contributed by atoms with Gasteiger partial charge in [0.1, 0.15) is 11.6 Å². The van der Waals surface area contributed by atoms with Gasteiger partial charge < -0.3 is 25.1 Å². The van der Waals surface area contributed by atoms with Crippen LogP contribution in [-0.4, -0.2) is 54.8 Å². The molecule has 190 valence electrons. The first kappa shape index (κ1) is 25.2. The molecular weight excluding hydrogens is 460 g/mol. The highest BCUT2D eigenvalue weighted by molar-refractivity contribution is 5.94. The molecule has 0 fully saturated rings. The second-order valence-corrected chi connectivity index (χ2v) is 9.75. The highest BCUT2D eigenvalue weighted by atomic mass is 16.6. The first-order valence-corrected chi connectivity index (χ1v) is 11.9. The Balaban J connectivity index is 1.44. The molecule has 1 aromatic heterocycles. The summed E-state index contributed by atoms with van der Waals surface area (Å²) in [6, 6.07) is 14.5. The van der Waals surface area contributed by atoms with Gasteiger partial charge >= 0.3 is 12.1 Å². The number of esters is 1. The topological polar surface area (TPSA) is 122 Å². The molecule has 9 heteroatoms. The molecule has 9 nitrogen and oxygen atoms in total. The van der Waals surface area contributed by atoms with Crippen LogP contribution in [0, 0.1) is 0 Å². The zero-order chi connectivity index (χ0) is 25.9. The minimum absolute atomic E-state index is 0.247. The molecule has 4 rings (SSSR count). The van der Waals surface area contributed by atoms with Crippen LogP contribution in [0.3, 0.4) is 0 Å². The van der Waals surface area contributed by atoms with Crippen molar-refractivity contribution in [3.05, 3.63) is 70.9 Å². The number of aromatic nitrogens is 1. The predicted octanol–water partition coefficient (Wildman–Crippen LogP) is 3.20. The number of carbonyl (C=O) groups is 3. The molecule has 0 aliphatic carbocycles. The average molecular weight is 493 g/mol. The van der Waals surface area contributed by atoms with Crippen molar-refractivity contribution in [1.82, 2.24) is 20.9 Å². The van der Waals surface area contributed by atoms with E-state index in [-0.39, 0.29) is 31.0 Å². The molecule has 1 aliphatic rings. The minimum atomic E-state index is -0.577. The fourth-order valence-electron chi connectivity index (χ4n) is 4.38. The molecule has 0 spiro atoms. The molecular formula is C27H32N4O5. The van der Waals surface area contributed by atoms with Crippen molar-refractivity contribution in [2.75, 3.05) is 20.2 Å². The molecule has 0 saturated carbocycles. The number of fused-ring (bicyclic) bond motifs is 3. The smallest absolute Gasteiger partial charge is 0.407 e. The lowest BCUT2D eigenvalue weighted by atomic mass is 9.90. The Morgan fingerprint density at radius 1 is 1.00 bits per heavy atom. The van der Waals surface area contributed by atoms with Gasteiger partial charge in [-0.25, -0.2) is 4.79 Å². The maximum absolute atomic E-state index is 12.6. The lowest BCUT2D eigenvalue weighted by Gasteiger charge is -2.30. The number of para-hydroxylation sites is 1. The first-order chi connectivity index (χ1) is 17.2. The van der Waals surface area contributed by atoms with Crippen LogP contribution in [0.2, 0.25) is 0 Å². The number of hydrogen-bond acceptors (Lipinski definition) is 6. The Hall–Kier alpha value is -3.85. The van der Waals surface area contributed by atoms with Crippen LogP contribution >= 0.6 is 0 Å². The molecule has 0 radical (unpaired) electrons. The molecule has 2 amide bonds. The van der Waals surface area contributed by atoms with Crippen LogP contribution in [-0.2, 0) is 20.7 Å². The monoisotopic (exact) mass is 492 g/mol. The van der Waals surface area contributed by atoms with Crippen LogP contribution in [0.1, 0.15) is 54.0 Å². The maximum atomic E-state index is 12.6. The second-order valence-electron chi connectivity index (χ2n) is 9.75. The van der Waals surface area contributed by atoms with Gasteiger partial charge in [-0.15, -0.1) is 0 Å². The van der Waals surface area contributed by atoms with E-state index in [1.165, 1.54) is 7.11 Å². The quantitative estimate of drug-likeness (QED) is 0.310. The normalized spacial score (nSPS) is 17.2. The van der Waals surface area contributed by atoms with Gasteiger partial charge in [-0.05, 0) is 50.1 Å². The summed E-state index contributed by atoms with van der Waals surface area (Å²) in [5.74, 6) is -0.560. The van der Waals surface area contributed by atoms with Gasteiger partial charge in [0.05, 0.1) is 13.2 Å². The minimum Gasteiger partial charge on any atom is -0.468 e. The van der Waals surface area contributed by atoms with Gasteiger partial charge in [-0.1, -0.05) is 30.3 Å². The fraction of sp³-hybridized carbons (Fsp3) is 0.370. The third-order valence-electron chi connectivity index (χ3n) is 5.98. The highest BCUT2D eigenvalue weighted by Crippen LogP contribution is 2.35. The SMILES string of the molecule is COC(=O)[C@H]1Cc2c([nH]c3ccccc23)C(c2ccc(C(=O)NCCNC(=O)OC(C)(C)C)cc2)N1. The number of amides is 2. The fourth-order valence-corrected chi connectivity index (χ4v) is 4.38. The largest absolute Gasteiger partial charge is 0.468 e. The van der Waals surface area contributed by atoms with Crippen LogP contribution in [0.4, 0.5) is 4.79 Å². The van der Waals surface area contributed by atoms with Crippen molar-refractivity contribution in [1.29, 1.82) is 0 Å². The van der Waals surface area contributed by atoms with E-state index in [0.717, 1.165) is 27.7 Å². The van der Waals surface area contributed by atoms with E-state index in [2.05, 4.69) is 20.9 Å². The number of H-pyrrole nitrogens is 1. The van der Waals surface area contributed by atoms with Gasteiger partial charge in [0, 0.05) is 41.7 Å². The van der Waals surface area contributed by atoms with E-state index < -0.39 is 17.7 Å². The van der Waals surface area contributed by atoms with Gasteiger partial charge in [0.2, 0.25) is 0 Å². The Kier molecular flexibility index (Phi) is 7.30. The number of nitrogens with one attached hydrogen (secondary N) is 4. The Bertz CT molecular complexity index is 1260. The predicted molar refractivity (Wildman–Crippen MR) is 136 cm³/mol. The molecule has 36 heavy (non-hydrogen) atoms. The number of benzene rings is 2. The van der Waals surface area contributed by atoms with Crippen LogP contribution in [0.15, 0.2) is 48.5 Å². The van der Waals surface area contributed by atoms with E-state index in [4.69, 9.17) is 9.47 Å². The average Bonchev–Trinajstić information content (AvgIpc) is 3.23. The van der Waals surface area contributed by atoms with Crippen molar-refractivity contribution >= 4 is 28.9 Å². The number of methoxy groups -OCH3 is 1. The molecule has 1 unspecified atom stereocenters. The molecule has 0 bridgehead atoms. The van der Waals surface area contributed by atoms with Crippen LogP contribution in [0.5, 0.6) is 0 Å². The third-order valence-corrected chi connectivity index (χ3v) is 5.98. The van der Waals surface area contributed by atoms with E-state index in [0.29, 0.717) is 12.0 Å². The molecule has 3 aromatic rings. The van der Waals surface area contributed by atoms with Gasteiger partial charge in [-0.2, -0.15) is 0 Å². The van der Waals surface area contributed by atoms with Crippen molar-refractivity contribution < 1.29 is 23.9 Å². The number of rotatable bonds is 6. The summed E-state index contributed by atoms with van der Waals surface area (Å²) in [4.78, 5) is 40.2. The van der Waals surface area contributed by atoms with E-state index in [1.807, 2.05) is 36.4 Å². The number of aromatic amines is 1. The van der Waals surface area contributed by atoms with Crippen LogP contribution < -0.4 is 16.0 Å². The lowest BCUT2D eigenvalue weighted by Crippen LogP contribution is -2.45. The summed E-state index contributed by atoms with van der Waals surface area (Å²) in [7, 11) is 1.39. The Labute approximate surface area is 209 Å². The summed E-state index contributed by atoms with van der Waals surface area (Å²) < 4.78 is 10.2. The summed E-state index contributed by atoms with van der Waals surface area (Å²) in [6.07, 6.45) is 0.00283. The molecule has 2 heterocycles. The maximum Gasteiger partial charge on any atom is 0.407 e. The second kappa shape index (κ2) is 10.4. The molecule has 2 aromatic carbocycles. The lowest BCUT2D eigenvalue weighted by molar-refractivity contribution is -0.143. The van der Waals surface area contributed by atoms with E-state index in [1.54, 1.807) is 32.9 Å². The Morgan fingerprint density at radius 2 is 1.69 bits per heavy atom. The standard InChI is InChI=1S/C27H32N4O5/c1-27(2,3)36-26(34)29-14-13-28-24(32)17-11-9-16(10-12-17)22-23-19(15-21(31-22)25(33)35-4)18-7-5-6-8-20(18)30-23/h5-12,21-22,30-31H,13-15H2,1-4H3,(H,28,32)(H,29,34)/t21-,22?/m1/s1.